The molecular formula is C15H25NO3. The average molecular weight is 267 g/mol. The third-order valence-corrected chi connectivity index (χ3v) is 4.61. The molecule has 4 nitrogen and oxygen atoms in total. The number of hydrogen-bond acceptors (Lipinski definition) is 2. The Balaban J connectivity index is 2.17. The number of hydrogen-bond donors (Lipinski definition) is 1. The summed E-state index contributed by atoms with van der Waals surface area (Å²) in [6.07, 6.45) is 6.40. The van der Waals surface area contributed by atoms with E-state index >= 15 is 0 Å². The lowest BCUT2D eigenvalue weighted by Gasteiger charge is -2.35. The van der Waals surface area contributed by atoms with Gasteiger partial charge in [0.2, 0.25) is 5.91 Å². The minimum atomic E-state index is -0.844. The van der Waals surface area contributed by atoms with Gasteiger partial charge in [-0.1, -0.05) is 26.7 Å². The molecular weight excluding hydrogens is 242 g/mol. The van der Waals surface area contributed by atoms with Crippen LogP contribution in [-0.4, -0.2) is 34.5 Å². The maximum absolute atomic E-state index is 12.9. The third-order valence-electron chi connectivity index (χ3n) is 4.61. The molecule has 1 unspecified atom stereocenters. The molecule has 0 aromatic carbocycles. The average Bonchev–Trinajstić information content (AvgIpc) is 2.95. The van der Waals surface area contributed by atoms with Crippen molar-refractivity contribution >= 4 is 11.9 Å². The molecule has 1 saturated heterocycles. The minimum absolute atomic E-state index is 0.114. The molecule has 2 fully saturated rings. The summed E-state index contributed by atoms with van der Waals surface area (Å²) in [5.74, 6) is -0.250. The fourth-order valence-electron chi connectivity index (χ4n) is 3.91. The zero-order valence-corrected chi connectivity index (χ0v) is 12.0. The van der Waals surface area contributed by atoms with Crippen molar-refractivity contribution in [3.05, 3.63) is 0 Å². The summed E-state index contributed by atoms with van der Waals surface area (Å²) >= 11 is 0. The minimum Gasteiger partial charge on any atom is -0.480 e. The normalized spacial score (nSPS) is 26.1. The molecule has 2 rings (SSSR count). The molecule has 0 bridgehead atoms. The Morgan fingerprint density at radius 1 is 1.26 bits per heavy atom. The molecule has 1 saturated carbocycles. The van der Waals surface area contributed by atoms with E-state index in [1.165, 1.54) is 0 Å². The molecule has 1 heterocycles. The van der Waals surface area contributed by atoms with Crippen molar-refractivity contribution in [2.24, 2.45) is 11.3 Å². The van der Waals surface area contributed by atoms with Gasteiger partial charge in [0.25, 0.3) is 0 Å². The SMILES string of the molecule is CC(C)CC1(C(=O)N2CCCC2C(=O)O)CCCC1. The van der Waals surface area contributed by atoms with E-state index in [1.54, 1.807) is 4.90 Å². The Morgan fingerprint density at radius 3 is 2.42 bits per heavy atom. The van der Waals surface area contributed by atoms with Crippen LogP contribution in [0.3, 0.4) is 0 Å². The first kappa shape index (κ1) is 14.4. The van der Waals surface area contributed by atoms with E-state index in [1.807, 2.05) is 0 Å². The van der Waals surface area contributed by atoms with Crippen molar-refractivity contribution in [3.8, 4) is 0 Å². The van der Waals surface area contributed by atoms with Gasteiger partial charge in [0.1, 0.15) is 6.04 Å². The molecule has 1 amide bonds. The smallest absolute Gasteiger partial charge is 0.326 e. The van der Waals surface area contributed by atoms with Crippen LogP contribution >= 0.6 is 0 Å². The quantitative estimate of drug-likeness (QED) is 0.852. The monoisotopic (exact) mass is 267 g/mol. The predicted octanol–water partition coefficient (Wildman–Crippen LogP) is 2.67. The molecule has 2 aliphatic rings. The highest BCUT2D eigenvalue weighted by atomic mass is 16.4. The van der Waals surface area contributed by atoms with Crippen LogP contribution in [0, 0.1) is 11.3 Å². The van der Waals surface area contributed by atoms with Crippen LogP contribution in [0.1, 0.15) is 58.8 Å². The van der Waals surface area contributed by atoms with E-state index in [9.17, 15) is 14.7 Å². The highest BCUT2D eigenvalue weighted by molar-refractivity contribution is 5.88. The summed E-state index contributed by atoms with van der Waals surface area (Å²) in [7, 11) is 0. The maximum Gasteiger partial charge on any atom is 0.326 e. The standard InChI is InChI=1S/C15H25NO3/c1-11(2)10-15(7-3-4-8-15)14(19)16-9-5-6-12(16)13(17)18/h11-12H,3-10H2,1-2H3,(H,17,18). The van der Waals surface area contributed by atoms with Gasteiger partial charge in [-0.15, -0.1) is 0 Å². The highest BCUT2D eigenvalue weighted by Gasteiger charge is 2.47. The molecule has 1 N–H and O–H groups in total. The van der Waals surface area contributed by atoms with Crippen LogP contribution in [0.5, 0.6) is 0 Å². The van der Waals surface area contributed by atoms with E-state index in [-0.39, 0.29) is 11.3 Å². The highest BCUT2D eigenvalue weighted by Crippen LogP contribution is 2.45. The van der Waals surface area contributed by atoms with Crippen molar-refractivity contribution in [2.75, 3.05) is 6.54 Å². The maximum atomic E-state index is 12.9. The second-order valence-corrected chi connectivity index (χ2v) is 6.58. The summed E-state index contributed by atoms with van der Waals surface area (Å²) in [5, 5.41) is 9.25. The van der Waals surface area contributed by atoms with Gasteiger partial charge < -0.3 is 10.0 Å². The lowest BCUT2D eigenvalue weighted by atomic mass is 9.77. The molecule has 4 heteroatoms. The summed E-state index contributed by atoms with van der Waals surface area (Å²) < 4.78 is 0. The molecule has 1 aliphatic heterocycles. The van der Waals surface area contributed by atoms with E-state index in [4.69, 9.17) is 0 Å². The number of aliphatic carboxylic acids is 1. The zero-order chi connectivity index (χ0) is 14.0. The molecule has 108 valence electrons. The predicted molar refractivity (Wildman–Crippen MR) is 72.7 cm³/mol. The van der Waals surface area contributed by atoms with Crippen molar-refractivity contribution in [1.82, 2.24) is 4.90 Å². The third kappa shape index (κ3) is 2.77. The number of carbonyl (C=O) groups excluding carboxylic acids is 1. The molecule has 0 aromatic heterocycles. The number of likely N-dealkylation sites (tertiary alicyclic amines) is 1. The van der Waals surface area contributed by atoms with Crippen LogP contribution in [0.2, 0.25) is 0 Å². The Morgan fingerprint density at radius 2 is 1.89 bits per heavy atom. The van der Waals surface area contributed by atoms with Crippen molar-refractivity contribution in [1.29, 1.82) is 0 Å². The fraction of sp³-hybridized carbons (Fsp3) is 0.867. The van der Waals surface area contributed by atoms with Gasteiger partial charge in [0, 0.05) is 12.0 Å². The number of nitrogens with zero attached hydrogens (tertiary/aromatic N) is 1. The zero-order valence-electron chi connectivity index (χ0n) is 12.0. The van der Waals surface area contributed by atoms with Crippen LogP contribution in [0.15, 0.2) is 0 Å². The van der Waals surface area contributed by atoms with Gasteiger partial charge in [-0.25, -0.2) is 4.79 Å². The summed E-state index contributed by atoms with van der Waals surface area (Å²) in [5.41, 5.74) is -0.272. The lowest BCUT2D eigenvalue weighted by Crippen LogP contribution is -2.48. The Labute approximate surface area is 115 Å². The summed E-state index contributed by atoms with van der Waals surface area (Å²) in [4.78, 5) is 25.8. The van der Waals surface area contributed by atoms with Gasteiger partial charge in [0.15, 0.2) is 0 Å². The Kier molecular flexibility index (Phi) is 4.16. The number of carboxylic acids is 1. The first-order valence-corrected chi connectivity index (χ1v) is 7.50. The first-order chi connectivity index (χ1) is 8.96. The second kappa shape index (κ2) is 5.51. The van der Waals surface area contributed by atoms with Crippen LogP contribution in [0.25, 0.3) is 0 Å². The largest absolute Gasteiger partial charge is 0.480 e. The van der Waals surface area contributed by atoms with Crippen LogP contribution in [0.4, 0.5) is 0 Å². The lowest BCUT2D eigenvalue weighted by molar-refractivity contribution is -0.153. The molecule has 1 atom stereocenters. The number of amides is 1. The van der Waals surface area contributed by atoms with Gasteiger partial charge >= 0.3 is 5.97 Å². The first-order valence-electron chi connectivity index (χ1n) is 7.50. The topological polar surface area (TPSA) is 57.6 Å². The van der Waals surface area contributed by atoms with E-state index in [2.05, 4.69) is 13.8 Å². The van der Waals surface area contributed by atoms with Crippen molar-refractivity contribution in [2.45, 2.75) is 64.8 Å². The molecule has 19 heavy (non-hydrogen) atoms. The van der Waals surface area contributed by atoms with Gasteiger partial charge in [-0.3, -0.25) is 4.79 Å². The Hall–Kier alpha value is -1.06. The van der Waals surface area contributed by atoms with Crippen molar-refractivity contribution < 1.29 is 14.7 Å². The number of carbonyl (C=O) groups is 2. The second-order valence-electron chi connectivity index (χ2n) is 6.58. The van der Waals surface area contributed by atoms with Crippen LogP contribution in [-0.2, 0) is 9.59 Å². The van der Waals surface area contributed by atoms with Crippen LogP contribution < -0.4 is 0 Å². The summed E-state index contributed by atoms with van der Waals surface area (Å²) in [6.45, 7) is 4.91. The number of carboxylic acid groups (broad SMARTS) is 1. The fourth-order valence-corrected chi connectivity index (χ4v) is 3.91. The van der Waals surface area contributed by atoms with E-state index < -0.39 is 12.0 Å². The summed E-state index contributed by atoms with van der Waals surface area (Å²) in [6, 6.07) is -0.586. The van der Waals surface area contributed by atoms with Crippen molar-refractivity contribution in [3.63, 3.8) is 0 Å². The molecule has 0 spiro atoms. The van der Waals surface area contributed by atoms with Gasteiger partial charge in [-0.2, -0.15) is 0 Å². The van der Waals surface area contributed by atoms with Gasteiger partial charge in [0.05, 0.1) is 0 Å². The molecule has 0 aromatic rings. The van der Waals surface area contributed by atoms with Gasteiger partial charge in [-0.05, 0) is 38.0 Å². The molecule has 1 aliphatic carbocycles. The molecule has 0 radical (unpaired) electrons. The van der Waals surface area contributed by atoms with E-state index in [0.717, 1.165) is 38.5 Å². The van der Waals surface area contributed by atoms with E-state index in [0.29, 0.717) is 18.9 Å². The number of rotatable bonds is 4. The Bertz CT molecular complexity index is 358.